The zero-order valence-corrected chi connectivity index (χ0v) is 10.2. The highest BCUT2D eigenvalue weighted by Crippen LogP contribution is 2.28. The predicted octanol–water partition coefficient (Wildman–Crippen LogP) is 1.16. The SMILES string of the molecule is CCC(C)(C#N)C(=O)N1CCC(C(C)O)C1. The van der Waals surface area contributed by atoms with E-state index in [9.17, 15) is 9.90 Å². The van der Waals surface area contributed by atoms with E-state index in [0.717, 1.165) is 6.42 Å². The van der Waals surface area contributed by atoms with Gasteiger partial charge in [-0.05, 0) is 26.7 Å². The molecule has 1 aliphatic rings. The molecule has 1 aliphatic heterocycles. The molecular weight excluding hydrogens is 204 g/mol. The molecule has 0 aromatic heterocycles. The molecule has 1 heterocycles. The molecule has 0 aromatic rings. The smallest absolute Gasteiger partial charge is 0.242 e. The van der Waals surface area contributed by atoms with E-state index < -0.39 is 5.41 Å². The Hall–Kier alpha value is -1.08. The third kappa shape index (κ3) is 2.35. The Balaban J connectivity index is 2.68. The van der Waals surface area contributed by atoms with Crippen LogP contribution in [0.15, 0.2) is 0 Å². The fourth-order valence-electron chi connectivity index (χ4n) is 1.99. The monoisotopic (exact) mass is 224 g/mol. The van der Waals surface area contributed by atoms with Gasteiger partial charge in [0.15, 0.2) is 0 Å². The summed E-state index contributed by atoms with van der Waals surface area (Å²) in [5.74, 6) is 0.0596. The molecule has 3 unspecified atom stereocenters. The van der Waals surface area contributed by atoms with E-state index in [1.165, 1.54) is 0 Å². The number of carbonyl (C=O) groups is 1. The topological polar surface area (TPSA) is 64.3 Å². The summed E-state index contributed by atoms with van der Waals surface area (Å²) in [5.41, 5.74) is -0.909. The highest BCUT2D eigenvalue weighted by Gasteiger charge is 2.39. The number of amides is 1. The summed E-state index contributed by atoms with van der Waals surface area (Å²) >= 11 is 0. The van der Waals surface area contributed by atoms with E-state index >= 15 is 0 Å². The molecule has 1 rings (SSSR count). The first-order valence-electron chi connectivity index (χ1n) is 5.83. The van der Waals surface area contributed by atoms with Crippen molar-refractivity contribution in [2.45, 2.75) is 39.7 Å². The molecule has 4 nitrogen and oxygen atoms in total. The Morgan fingerprint density at radius 1 is 1.75 bits per heavy atom. The lowest BCUT2D eigenvalue weighted by Gasteiger charge is -2.26. The molecule has 1 fully saturated rings. The molecule has 0 saturated carbocycles. The van der Waals surface area contributed by atoms with E-state index in [-0.39, 0.29) is 17.9 Å². The molecule has 4 heteroatoms. The van der Waals surface area contributed by atoms with E-state index in [4.69, 9.17) is 5.26 Å². The second-order valence-electron chi connectivity index (χ2n) is 4.84. The zero-order chi connectivity index (χ0) is 12.3. The number of hydrogen-bond donors (Lipinski definition) is 1. The van der Waals surface area contributed by atoms with Gasteiger partial charge in [-0.3, -0.25) is 4.79 Å². The standard InChI is InChI=1S/C12H20N2O2/c1-4-12(3,8-13)11(16)14-6-5-10(7-14)9(2)15/h9-10,15H,4-7H2,1-3H3. The van der Waals surface area contributed by atoms with Crippen molar-refractivity contribution in [1.29, 1.82) is 5.26 Å². The molecular formula is C12H20N2O2. The second-order valence-corrected chi connectivity index (χ2v) is 4.84. The zero-order valence-electron chi connectivity index (χ0n) is 10.2. The molecule has 1 N–H and O–H groups in total. The highest BCUT2D eigenvalue weighted by molar-refractivity contribution is 5.85. The summed E-state index contributed by atoms with van der Waals surface area (Å²) in [4.78, 5) is 13.8. The van der Waals surface area contributed by atoms with Crippen LogP contribution in [0.2, 0.25) is 0 Å². The lowest BCUT2D eigenvalue weighted by Crippen LogP contribution is -2.40. The summed E-state index contributed by atoms with van der Waals surface area (Å²) in [7, 11) is 0. The van der Waals surface area contributed by atoms with Crippen molar-refractivity contribution in [1.82, 2.24) is 4.90 Å². The highest BCUT2D eigenvalue weighted by atomic mass is 16.3. The molecule has 0 bridgehead atoms. The maximum atomic E-state index is 12.1. The first-order valence-corrected chi connectivity index (χ1v) is 5.83. The Labute approximate surface area is 96.9 Å². The van der Waals surface area contributed by atoms with E-state index in [1.54, 1.807) is 18.7 Å². The van der Waals surface area contributed by atoms with Gasteiger partial charge in [-0.25, -0.2) is 0 Å². The van der Waals surface area contributed by atoms with Crippen molar-refractivity contribution in [3.8, 4) is 6.07 Å². The number of nitriles is 1. The largest absolute Gasteiger partial charge is 0.393 e. The van der Waals surface area contributed by atoms with E-state index in [1.807, 2.05) is 6.92 Å². The summed E-state index contributed by atoms with van der Waals surface area (Å²) in [6.45, 7) is 6.52. The first-order chi connectivity index (χ1) is 7.44. The number of aliphatic hydroxyl groups is 1. The fourth-order valence-corrected chi connectivity index (χ4v) is 1.99. The van der Waals surface area contributed by atoms with Crippen LogP contribution in [0, 0.1) is 22.7 Å². The molecule has 0 spiro atoms. The van der Waals surface area contributed by atoms with Gasteiger partial charge in [0.1, 0.15) is 5.41 Å². The van der Waals surface area contributed by atoms with Crippen LogP contribution in [0.1, 0.15) is 33.6 Å². The lowest BCUT2D eigenvalue weighted by atomic mass is 9.88. The molecule has 1 amide bonds. The van der Waals surface area contributed by atoms with Gasteiger partial charge in [0.05, 0.1) is 12.2 Å². The van der Waals surface area contributed by atoms with Crippen molar-refractivity contribution >= 4 is 5.91 Å². The summed E-state index contributed by atoms with van der Waals surface area (Å²) in [6.07, 6.45) is 0.972. The molecule has 90 valence electrons. The van der Waals surface area contributed by atoms with E-state index in [2.05, 4.69) is 6.07 Å². The first kappa shape index (κ1) is 13.0. The average molecular weight is 224 g/mol. The number of carbonyl (C=O) groups excluding carboxylic acids is 1. The molecule has 1 saturated heterocycles. The summed E-state index contributed by atoms with van der Waals surface area (Å²) < 4.78 is 0. The van der Waals surface area contributed by atoms with Crippen LogP contribution in [-0.2, 0) is 4.79 Å². The Bertz CT molecular complexity index is 309. The third-order valence-corrected chi connectivity index (χ3v) is 3.62. The molecule has 0 aromatic carbocycles. The summed E-state index contributed by atoms with van der Waals surface area (Å²) in [5, 5.41) is 18.5. The summed E-state index contributed by atoms with van der Waals surface area (Å²) in [6, 6.07) is 2.10. The van der Waals surface area contributed by atoms with Crippen LogP contribution in [-0.4, -0.2) is 35.1 Å². The van der Waals surface area contributed by atoms with Crippen molar-refractivity contribution in [2.75, 3.05) is 13.1 Å². The van der Waals surface area contributed by atoms with Crippen molar-refractivity contribution < 1.29 is 9.90 Å². The van der Waals surface area contributed by atoms with Crippen LogP contribution in [0.25, 0.3) is 0 Å². The minimum absolute atomic E-state index is 0.0966. The van der Waals surface area contributed by atoms with Gasteiger partial charge in [-0.2, -0.15) is 5.26 Å². The second kappa shape index (κ2) is 4.84. The van der Waals surface area contributed by atoms with Gasteiger partial charge in [-0.15, -0.1) is 0 Å². The van der Waals surface area contributed by atoms with Crippen molar-refractivity contribution in [2.24, 2.45) is 11.3 Å². The maximum Gasteiger partial charge on any atom is 0.242 e. The van der Waals surface area contributed by atoms with Crippen LogP contribution in [0.3, 0.4) is 0 Å². The van der Waals surface area contributed by atoms with Crippen LogP contribution in [0.5, 0.6) is 0 Å². The quantitative estimate of drug-likeness (QED) is 0.782. The Morgan fingerprint density at radius 2 is 2.38 bits per heavy atom. The number of hydrogen-bond acceptors (Lipinski definition) is 3. The van der Waals surface area contributed by atoms with Gasteiger partial charge >= 0.3 is 0 Å². The van der Waals surface area contributed by atoms with Gasteiger partial charge in [-0.1, -0.05) is 6.92 Å². The minimum atomic E-state index is -0.909. The minimum Gasteiger partial charge on any atom is -0.393 e. The van der Waals surface area contributed by atoms with E-state index in [0.29, 0.717) is 19.5 Å². The molecule has 0 radical (unpaired) electrons. The Kier molecular flexibility index (Phi) is 3.93. The third-order valence-electron chi connectivity index (χ3n) is 3.62. The number of nitrogens with zero attached hydrogens (tertiary/aromatic N) is 2. The lowest BCUT2D eigenvalue weighted by molar-refractivity contribution is -0.137. The van der Waals surface area contributed by atoms with Gasteiger partial charge in [0.2, 0.25) is 5.91 Å². The van der Waals surface area contributed by atoms with Gasteiger partial charge in [0.25, 0.3) is 0 Å². The maximum absolute atomic E-state index is 12.1. The fraction of sp³-hybridized carbons (Fsp3) is 0.833. The van der Waals surface area contributed by atoms with Gasteiger partial charge < -0.3 is 10.0 Å². The predicted molar refractivity (Wildman–Crippen MR) is 60.4 cm³/mol. The normalized spacial score (nSPS) is 25.9. The molecule has 16 heavy (non-hydrogen) atoms. The number of aliphatic hydroxyl groups excluding tert-OH is 1. The number of likely N-dealkylation sites (tertiary alicyclic amines) is 1. The molecule has 3 atom stereocenters. The van der Waals surface area contributed by atoms with Crippen molar-refractivity contribution in [3.05, 3.63) is 0 Å². The molecule has 0 aliphatic carbocycles. The van der Waals surface area contributed by atoms with Crippen LogP contribution >= 0.6 is 0 Å². The van der Waals surface area contributed by atoms with Crippen molar-refractivity contribution in [3.63, 3.8) is 0 Å². The van der Waals surface area contributed by atoms with Gasteiger partial charge in [0, 0.05) is 19.0 Å². The average Bonchev–Trinajstić information content (AvgIpc) is 2.76. The number of rotatable bonds is 3. The Morgan fingerprint density at radius 3 is 2.75 bits per heavy atom. The van der Waals surface area contributed by atoms with Crippen LogP contribution in [0.4, 0.5) is 0 Å². The van der Waals surface area contributed by atoms with Crippen LogP contribution < -0.4 is 0 Å².